The summed E-state index contributed by atoms with van der Waals surface area (Å²) < 4.78 is 5.39. The summed E-state index contributed by atoms with van der Waals surface area (Å²) >= 11 is 0. The summed E-state index contributed by atoms with van der Waals surface area (Å²) in [6.07, 6.45) is 0.603. The zero-order valence-electron chi connectivity index (χ0n) is 7.43. The fourth-order valence-corrected chi connectivity index (χ4v) is 2.20. The number of hydrogen-bond donors (Lipinski definition) is 1. The molecule has 2 heterocycles. The first-order valence-corrected chi connectivity index (χ1v) is 4.57. The number of ether oxygens (including phenoxy) is 1. The minimum Gasteiger partial charge on any atom is -0.380 e. The lowest BCUT2D eigenvalue weighted by Gasteiger charge is -2.34. The highest BCUT2D eigenvalue weighted by Gasteiger charge is 2.47. The molecule has 2 unspecified atom stereocenters. The zero-order valence-corrected chi connectivity index (χ0v) is 7.43. The normalized spacial score (nSPS) is 42.4. The van der Waals surface area contributed by atoms with Crippen molar-refractivity contribution in [3.63, 3.8) is 0 Å². The molecule has 0 amide bonds. The van der Waals surface area contributed by atoms with Gasteiger partial charge in [0.2, 0.25) is 0 Å². The molecule has 3 heteroatoms. The van der Waals surface area contributed by atoms with Crippen LogP contribution in [0.15, 0.2) is 0 Å². The van der Waals surface area contributed by atoms with Gasteiger partial charge in [0, 0.05) is 13.0 Å². The summed E-state index contributed by atoms with van der Waals surface area (Å²) in [5.74, 6) is 0.830. The van der Waals surface area contributed by atoms with E-state index in [0.29, 0.717) is 31.3 Å². The fourth-order valence-electron chi connectivity index (χ4n) is 2.20. The van der Waals surface area contributed by atoms with E-state index >= 15 is 0 Å². The molecule has 2 aliphatic rings. The van der Waals surface area contributed by atoms with Gasteiger partial charge in [-0.2, -0.15) is 0 Å². The molecule has 0 aromatic heterocycles. The summed E-state index contributed by atoms with van der Waals surface area (Å²) in [6, 6.07) is 0. The predicted molar refractivity (Wildman–Crippen MR) is 44.9 cm³/mol. The number of carbonyl (C=O) groups is 1. The van der Waals surface area contributed by atoms with E-state index < -0.39 is 0 Å². The van der Waals surface area contributed by atoms with Crippen molar-refractivity contribution in [3.05, 3.63) is 0 Å². The van der Waals surface area contributed by atoms with Crippen LogP contribution in [0.4, 0.5) is 0 Å². The minimum atomic E-state index is -0.182. The van der Waals surface area contributed by atoms with Gasteiger partial charge in [-0.3, -0.25) is 4.79 Å². The van der Waals surface area contributed by atoms with E-state index in [0.717, 1.165) is 13.1 Å². The van der Waals surface area contributed by atoms with Crippen molar-refractivity contribution in [1.29, 1.82) is 0 Å². The molecule has 0 saturated carbocycles. The Morgan fingerprint density at radius 1 is 1.67 bits per heavy atom. The van der Waals surface area contributed by atoms with Crippen molar-refractivity contribution < 1.29 is 9.53 Å². The standard InChI is InChI=1S/C9H15NO2/c1-7-4-10-5-9(7)6-12-3-2-8(9)11/h7,10H,2-6H2,1H3. The van der Waals surface area contributed by atoms with Crippen LogP contribution < -0.4 is 5.32 Å². The maximum absolute atomic E-state index is 11.7. The van der Waals surface area contributed by atoms with Crippen LogP contribution in [0.3, 0.4) is 0 Å². The van der Waals surface area contributed by atoms with Crippen LogP contribution in [-0.2, 0) is 9.53 Å². The molecule has 12 heavy (non-hydrogen) atoms. The Hall–Kier alpha value is -0.410. The molecule has 1 spiro atoms. The quantitative estimate of drug-likeness (QED) is 0.563. The largest absolute Gasteiger partial charge is 0.380 e. The Bertz CT molecular complexity index is 205. The predicted octanol–water partition coefficient (Wildman–Crippen LogP) is 0.202. The van der Waals surface area contributed by atoms with Gasteiger partial charge in [-0.25, -0.2) is 0 Å². The van der Waals surface area contributed by atoms with Gasteiger partial charge in [0.15, 0.2) is 0 Å². The van der Waals surface area contributed by atoms with E-state index in [1.54, 1.807) is 0 Å². The Morgan fingerprint density at radius 3 is 3.08 bits per heavy atom. The fraction of sp³-hybridized carbons (Fsp3) is 0.889. The molecule has 0 radical (unpaired) electrons. The first-order valence-electron chi connectivity index (χ1n) is 4.57. The van der Waals surface area contributed by atoms with Crippen molar-refractivity contribution in [2.45, 2.75) is 13.3 Å². The van der Waals surface area contributed by atoms with Gasteiger partial charge in [0.1, 0.15) is 5.78 Å². The van der Waals surface area contributed by atoms with Gasteiger partial charge in [0.05, 0.1) is 18.6 Å². The lowest BCUT2D eigenvalue weighted by atomic mass is 9.74. The van der Waals surface area contributed by atoms with Crippen molar-refractivity contribution in [1.82, 2.24) is 5.32 Å². The van der Waals surface area contributed by atoms with Crippen LogP contribution in [0.25, 0.3) is 0 Å². The maximum Gasteiger partial charge on any atom is 0.145 e. The molecule has 1 N–H and O–H groups in total. The van der Waals surface area contributed by atoms with E-state index in [2.05, 4.69) is 12.2 Å². The lowest BCUT2D eigenvalue weighted by molar-refractivity contribution is -0.141. The number of rotatable bonds is 0. The third kappa shape index (κ3) is 1.00. The number of ketones is 1. The van der Waals surface area contributed by atoms with Gasteiger partial charge in [0.25, 0.3) is 0 Å². The van der Waals surface area contributed by atoms with Crippen LogP contribution in [0, 0.1) is 11.3 Å². The van der Waals surface area contributed by atoms with Crippen molar-refractivity contribution in [2.24, 2.45) is 11.3 Å². The first kappa shape index (κ1) is 8.20. The van der Waals surface area contributed by atoms with Crippen LogP contribution in [0.5, 0.6) is 0 Å². The number of Topliss-reactive ketones (excluding diaryl/α,β-unsaturated/α-hetero) is 1. The van der Waals surface area contributed by atoms with Crippen LogP contribution in [-0.4, -0.2) is 32.1 Å². The highest BCUT2D eigenvalue weighted by molar-refractivity contribution is 5.86. The van der Waals surface area contributed by atoms with Gasteiger partial charge in [-0.15, -0.1) is 0 Å². The van der Waals surface area contributed by atoms with E-state index in [4.69, 9.17) is 4.74 Å². The van der Waals surface area contributed by atoms with Crippen molar-refractivity contribution in [2.75, 3.05) is 26.3 Å². The lowest BCUT2D eigenvalue weighted by Crippen LogP contribution is -2.45. The molecule has 0 aliphatic carbocycles. The number of hydrogen-bond acceptors (Lipinski definition) is 3. The molecule has 2 aliphatic heterocycles. The first-order chi connectivity index (χ1) is 5.76. The van der Waals surface area contributed by atoms with E-state index in [1.165, 1.54) is 0 Å². The highest BCUT2D eigenvalue weighted by atomic mass is 16.5. The van der Waals surface area contributed by atoms with Crippen molar-refractivity contribution >= 4 is 5.78 Å². The Balaban J connectivity index is 2.21. The van der Waals surface area contributed by atoms with E-state index in [-0.39, 0.29) is 5.41 Å². The van der Waals surface area contributed by atoms with Gasteiger partial charge < -0.3 is 10.1 Å². The maximum atomic E-state index is 11.7. The Labute approximate surface area is 72.5 Å². The third-order valence-corrected chi connectivity index (χ3v) is 3.22. The van der Waals surface area contributed by atoms with Crippen LogP contribution in [0.2, 0.25) is 0 Å². The molecule has 2 atom stereocenters. The molecular formula is C9H15NO2. The second-order valence-corrected chi connectivity index (χ2v) is 3.91. The molecule has 0 aromatic rings. The summed E-state index contributed by atoms with van der Waals surface area (Å²) in [5, 5.41) is 3.26. The zero-order chi connectivity index (χ0) is 8.60. The van der Waals surface area contributed by atoms with Gasteiger partial charge in [-0.05, 0) is 12.5 Å². The monoisotopic (exact) mass is 169 g/mol. The Kier molecular flexibility index (Phi) is 1.93. The van der Waals surface area contributed by atoms with E-state index in [9.17, 15) is 4.79 Å². The summed E-state index contributed by atoms with van der Waals surface area (Å²) in [4.78, 5) is 11.7. The molecule has 0 aromatic carbocycles. The SMILES string of the molecule is CC1CNCC12COCCC2=O. The molecule has 2 fully saturated rings. The molecule has 2 saturated heterocycles. The summed E-state index contributed by atoms with van der Waals surface area (Å²) in [5.41, 5.74) is -0.182. The second kappa shape index (κ2) is 2.82. The average Bonchev–Trinajstić information content (AvgIpc) is 2.41. The topological polar surface area (TPSA) is 38.3 Å². The molecule has 68 valence electrons. The molecule has 0 bridgehead atoms. The average molecular weight is 169 g/mol. The van der Waals surface area contributed by atoms with Gasteiger partial charge >= 0.3 is 0 Å². The number of nitrogens with one attached hydrogen (secondary N) is 1. The smallest absolute Gasteiger partial charge is 0.145 e. The Morgan fingerprint density at radius 2 is 2.50 bits per heavy atom. The molecule has 3 nitrogen and oxygen atoms in total. The summed E-state index contributed by atoms with van der Waals surface area (Å²) in [7, 11) is 0. The third-order valence-electron chi connectivity index (χ3n) is 3.22. The van der Waals surface area contributed by atoms with E-state index in [1.807, 2.05) is 0 Å². The number of carbonyl (C=O) groups excluding carboxylic acids is 1. The molecular weight excluding hydrogens is 154 g/mol. The highest BCUT2D eigenvalue weighted by Crippen LogP contribution is 2.35. The molecule has 2 rings (SSSR count). The van der Waals surface area contributed by atoms with Crippen molar-refractivity contribution in [3.8, 4) is 0 Å². The minimum absolute atomic E-state index is 0.182. The van der Waals surface area contributed by atoms with Crippen LogP contribution >= 0.6 is 0 Å². The second-order valence-electron chi connectivity index (χ2n) is 3.91. The van der Waals surface area contributed by atoms with Gasteiger partial charge in [-0.1, -0.05) is 6.92 Å². The van der Waals surface area contributed by atoms with Crippen LogP contribution in [0.1, 0.15) is 13.3 Å². The summed E-state index contributed by atoms with van der Waals surface area (Å²) in [6.45, 7) is 5.14.